The van der Waals surface area contributed by atoms with Crippen LogP contribution in [0.3, 0.4) is 0 Å². The normalized spacial score (nSPS) is 10.2. The summed E-state index contributed by atoms with van der Waals surface area (Å²) >= 11 is 4.98. The Balaban J connectivity index is 2.01. The maximum Gasteiger partial charge on any atom is 0.253 e. The summed E-state index contributed by atoms with van der Waals surface area (Å²) in [7, 11) is 0. The van der Waals surface area contributed by atoms with E-state index in [1.54, 1.807) is 29.5 Å². The zero-order valence-electron chi connectivity index (χ0n) is 8.94. The van der Waals surface area contributed by atoms with Gasteiger partial charge in [-0.15, -0.1) is 11.3 Å². The molecule has 0 saturated carbocycles. The first-order valence-corrected chi connectivity index (χ1v) is 6.64. The second-order valence-electron chi connectivity index (χ2n) is 3.48. The van der Waals surface area contributed by atoms with Gasteiger partial charge in [-0.25, -0.2) is 0 Å². The molecule has 0 aliphatic carbocycles. The first-order chi connectivity index (χ1) is 8.16. The number of nitrogens with one attached hydrogen (secondary N) is 1. The summed E-state index contributed by atoms with van der Waals surface area (Å²) in [4.78, 5) is 12.9. The van der Waals surface area contributed by atoms with Crippen LogP contribution in [0, 0.1) is 0 Å². The van der Waals surface area contributed by atoms with Crippen molar-refractivity contribution in [2.24, 2.45) is 0 Å². The highest BCUT2D eigenvalue weighted by Crippen LogP contribution is 2.22. The van der Waals surface area contributed by atoms with Crippen LogP contribution in [-0.4, -0.2) is 5.91 Å². The predicted octanol–water partition coefficient (Wildman–Crippen LogP) is 3.02. The van der Waals surface area contributed by atoms with Crippen LogP contribution in [0.15, 0.2) is 40.2 Å². The largest absolute Gasteiger partial charge is 0.398 e. The molecule has 2 rings (SSSR count). The van der Waals surface area contributed by atoms with Gasteiger partial charge in [0, 0.05) is 10.6 Å². The SMILES string of the molecule is Nc1ccccc1C(=O)NCc1ccc(Br)s1. The van der Waals surface area contributed by atoms with E-state index in [4.69, 9.17) is 5.73 Å². The molecule has 0 bridgehead atoms. The van der Waals surface area contributed by atoms with E-state index in [-0.39, 0.29) is 5.91 Å². The van der Waals surface area contributed by atoms with E-state index in [0.717, 1.165) is 8.66 Å². The number of rotatable bonds is 3. The Morgan fingerprint density at radius 1 is 1.29 bits per heavy atom. The highest BCUT2D eigenvalue weighted by Gasteiger charge is 2.08. The molecule has 0 aliphatic rings. The number of halogens is 1. The number of carbonyl (C=O) groups excluding carboxylic acids is 1. The van der Waals surface area contributed by atoms with Gasteiger partial charge in [0.1, 0.15) is 0 Å². The molecule has 1 amide bonds. The van der Waals surface area contributed by atoms with E-state index in [9.17, 15) is 4.79 Å². The zero-order chi connectivity index (χ0) is 12.3. The van der Waals surface area contributed by atoms with Crippen molar-refractivity contribution < 1.29 is 4.79 Å². The summed E-state index contributed by atoms with van der Waals surface area (Å²) in [6, 6.07) is 11.0. The summed E-state index contributed by atoms with van der Waals surface area (Å²) in [5.41, 5.74) is 6.74. The molecule has 3 nitrogen and oxygen atoms in total. The van der Waals surface area contributed by atoms with Gasteiger partial charge >= 0.3 is 0 Å². The molecule has 1 aromatic carbocycles. The van der Waals surface area contributed by atoms with E-state index >= 15 is 0 Å². The predicted molar refractivity (Wildman–Crippen MR) is 74.0 cm³/mol. The van der Waals surface area contributed by atoms with Crippen molar-refractivity contribution in [2.45, 2.75) is 6.54 Å². The van der Waals surface area contributed by atoms with Crippen LogP contribution in [0.5, 0.6) is 0 Å². The maximum absolute atomic E-state index is 11.8. The topological polar surface area (TPSA) is 55.1 Å². The molecule has 0 fully saturated rings. The first-order valence-electron chi connectivity index (χ1n) is 5.04. The van der Waals surface area contributed by atoms with Gasteiger partial charge in [-0.05, 0) is 40.2 Å². The number of amides is 1. The lowest BCUT2D eigenvalue weighted by Crippen LogP contribution is -2.23. The van der Waals surface area contributed by atoms with Crippen LogP contribution in [0.2, 0.25) is 0 Å². The number of carbonyl (C=O) groups is 1. The van der Waals surface area contributed by atoms with Crippen molar-refractivity contribution in [3.8, 4) is 0 Å². The molecule has 0 spiro atoms. The van der Waals surface area contributed by atoms with Crippen LogP contribution < -0.4 is 11.1 Å². The quantitative estimate of drug-likeness (QED) is 0.856. The van der Waals surface area contributed by atoms with Crippen molar-refractivity contribution in [2.75, 3.05) is 5.73 Å². The lowest BCUT2D eigenvalue weighted by atomic mass is 10.1. The van der Waals surface area contributed by atoms with Gasteiger partial charge in [0.05, 0.1) is 15.9 Å². The highest BCUT2D eigenvalue weighted by atomic mass is 79.9. The molecule has 0 atom stereocenters. The van der Waals surface area contributed by atoms with Gasteiger partial charge in [0.2, 0.25) is 0 Å². The number of thiophene rings is 1. The molecule has 88 valence electrons. The second kappa shape index (κ2) is 5.33. The molecule has 2 aromatic rings. The average Bonchev–Trinajstić information content (AvgIpc) is 2.73. The number of hydrogen-bond donors (Lipinski definition) is 2. The third-order valence-electron chi connectivity index (χ3n) is 2.26. The lowest BCUT2D eigenvalue weighted by molar-refractivity contribution is 0.0952. The molecule has 5 heteroatoms. The van der Waals surface area contributed by atoms with Crippen LogP contribution in [0.1, 0.15) is 15.2 Å². The highest BCUT2D eigenvalue weighted by molar-refractivity contribution is 9.11. The van der Waals surface area contributed by atoms with Crippen LogP contribution in [0.25, 0.3) is 0 Å². The fourth-order valence-electron chi connectivity index (χ4n) is 1.41. The number of nitrogens with two attached hydrogens (primary N) is 1. The Morgan fingerprint density at radius 3 is 2.71 bits per heavy atom. The minimum atomic E-state index is -0.146. The first kappa shape index (κ1) is 12.1. The number of anilines is 1. The summed E-state index contributed by atoms with van der Waals surface area (Å²) in [6.07, 6.45) is 0. The molecule has 1 aromatic heterocycles. The summed E-state index contributed by atoms with van der Waals surface area (Å²) in [5, 5.41) is 2.84. The van der Waals surface area contributed by atoms with Crippen molar-refractivity contribution >= 4 is 38.9 Å². The fraction of sp³-hybridized carbons (Fsp3) is 0.0833. The van der Waals surface area contributed by atoms with Gasteiger partial charge in [-0.3, -0.25) is 4.79 Å². The van der Waals surface area contributed by atoms with Crippen LogP contribution >= 0.6 is 27.3 Å². The molecule has 0 radical (unpaired) electrons. The average molecular weight is 311 g/mol. The lowest BCUT2D eigenvalue weighted by Gasteiger charge is -2.05. The van der Waals surface area contributed by atoms with Crippen molar-refractivity contribution in [3.63, 3.8) is 0 Å². The number of benzene rings is 1. The molecule has 0 saturated heterocycles. The third kappa shape index (κ3) is 3.08. The van der Waals surface area contributed by atoms with Crippen molar-refractivity contribution in [1.29, 1.82) is 0 Å². The van der Waals surface area contributed by atoms with Crippen molar-refractivity contribution in [1.82, 2.24) is 5.32 Å². The molecular formula is C12H11BrN2OS. The summed E-state index contributed by atoms with van der Waals surface area (Å²) < 4.78 is 1.06. The molecule has 0 unspecified atom stereocenters. The summed E-state index contributed by atoms with van der Waals surface area (Å²) in [6.45, 7) is 0.517. The molecule has 17 heavy (non-hydrogen) atoms. The molecular weight excluding hydrogens is 300 g/mol. The number of hydrogen-bond acceptors (Lipinski definition) is 3. The minimum absolute atomic E-state index is 0.146. The standard InChI is InChI=1S/C12H11BrN2OS/c13-11-6-5-8(17-11)7-15-12(16)9-3-1-2-4-10(9)14/h1-6H,7,14H2,(H,15,16). The zero-order valence-corrected chi connectivity index (χ0v) is 11.3. The molecule has 0 aliphatic heterocycles. The van der Waals surface area contributed by atoms with E-state index in [0.29, 0.717) is 17.8 Å². The fourth-order valence-corrected chi connectivity index (χ4v) is 2.84. The summed E-state index contributed by atoms with van der Waals surface area (Å²) in [5.74, 6) is -0.146. The Kier molecular flexibility index (Phi) is 3.81. The Hall–Kier alpha value is -1.33. The second-order valence-corrected chi connectivity index (χ2v) is 6.02. The van der Waals surface area contributed by atoms with Gasteiger partial charge in [0.25, 0.3) is 5.91 Å². The van der Waals surface area contributed by atoms with Gasteiger partial charge in [-0.1, -0.05) is 12.1 Å². The van der Waals surface area contributed by atoms with E-state index in [2.05, 4.69) is 21.2 Å². The van der Waals surface area contributed by atoms with Gasteiger partial charge < -0.3 is 11.1 Å². The number of nitrogen functional groups attached to an aromatic ring is 1. The number of para-hydroxylation sites is 1. The smallest absolute Gasteiger partial charge is 0.253 e. The van der Waals surface area contributed by atoms with Crippen molar-refractivity contribution in [3.05, 3.63) is 50.6 Å². The molecule has 3 N–H and O–H groups in total. The van der Waals surface area contributed by atoms with E-state index in [1.807, 2.05) is 18.2 Å². The van der Waals surface area contributed by atoms with Crippen LogP contribution in [0.4, 0.5) is 5.69 Å². The minimum Gasteiger partial charge on any atom is -0.398 e. The van der Waals surface area contributed by atoms with Crippen LogP contribution in [-0.2, 0) is 6.54 Å². The Labute approximate surface area is 112 Å². The third-order valence-corrected chi connectivity index (χ3v) is 3.88. The van der Waals surface area contributed by atoms with E-state index in [1.165, 1.54) is 0 Å². The Bertz CT molecular complexity index is 539. The van der Waals surface area contributed by atoms with Gasteiger partial charge in [0.15, 0.2) is 0 Å². The molecule has 1 heterocycles. The van der Waals surface area contributed by atoms with Gasteiger partial charge in [-0.2, -0.15) is 0 Å². The maximum atomic E-state index is 11.8. The monoisotopic (exact) mass is 310 g/mol. The Morgan fingerprint density at radius 2 is 2.06 bits per heavy atom. The van der Waals surface area contributed by atoms with E-state index < -0.39 is 0 Å².